The average molecular weight is 171 g/mol. The van der Waals surface area contributed by atoms with Crippen molar-refractivity contribution in [2.75, 3.05) is 19.7 Å². The summed E-state index contributed by atoms with van der Waals surface area (Å²) in [5, 5.41) is 8.60. The van der Waals surface area contributed by atoms with Crippen LogP contribution in [0.5, 0.6) is 0 Å². The Morgan fingerprint density at radius 1 is 1.33 bits per heavy atom. The van der Waals surface area contributed by atoms with Gasteiger partial charge in [-0.2, -0.15) is 0 Å². The van der Waals surface area contributed by atoms with Gasteiger partial charge < -0.3 is 10.0 Å². The molecular formula is C10H21NO. The van der Waals surface area contributed by atoms with Gasteiger partial charge in [-0.05, 0) is 32.6 Å². The van der Waals surface area contributed by atoms with Crippen molar-refractivity contribution in [2.45, 2.75) is 39.2 Å². The van der Waals surface area contributed by atoms with Gasteiger partial charge in [0.1, 0.15) is 0 Å². The zero-order valence-corrected chi connectivity index (χ0v) is 8.29. The van der Waals surface area contributed by atoms with Crippen LogP contribution >= 0.6 is 0 Å². The molecule has 1 fully saturated rings. The summed E-state index contributed by atoms with van der Waals surface area (Å²) in [6, 6.07) is 0.721. The van der Waals surface area contributed by atoms with E-state index in [9.17, 15) is 0 Å². The number of unbranched alkanes of at least 4 members (excludes halogenated alkanes) is 1. The van der Waals surface area contributed by atoms with E-state index in [-0.39, 0.29) is 0 Å². The van der Waals surface area contributed by atoms with Crippen LogP contribution in [0.25, 0.3) is 0 Å². The second-order valence-electron chi connectivity index (χ2n) is 4.13. The molecule has 1 aliphatic heterocycles. The van der Waals surface area contributed by atoms with E-state index in [1.807, 2.05) is 0 Å². The van der Waals surface area contributed by atoms with Gasteiger partial charge in [0.05, 0.1) is 0 Å². The maximum Gasteiger partial charge on any atom is 0.0431 e. The first-order chi connectivity index (χ1) is 5.74. The van der Waals surface area contributed by atoms with Crippen molar-refractivity contribution in [1.82, 2.24) is 4.90 Å². The van der Waals surface area contributed by atoms with Gasteiger partial charge in [-0.15, -0.1) is 0 Å². The van der Waals surface area contributed by atoms with Crippen LogP contribution in [0.15, 0.2) is 0 Å². The average Bonchev–Trinajstić information content (AvgIpc) is 1.93. The Kier molecular flexibility index (Phi) is 4.02. The van der Waals surface area contributed by atoms with Crippen molar-refractivity contribution in [2.24, 2.45) is 5.92 Å². The van der Waals surface area contributed by atoms with Gasteiger partial charge in [-0.3, -0.25) is 0 Å². The molecule has 0 aromatic rings. The third kappa shape index (κ3) is 2.76. The molecule has 0 amide bonds. The Balaban J connectivity index is 1.95. The molecule has 12 heavy (non-hydrogen) atoms. The third-order valence-electron chi connectivity index (χ3n) is 2.74. The van der Waals surface area contributed by atoms with E-state index in [2.05, 4.69) is 18.7 Å². The topological polar surface area (TPSA) is 23.5 Å². The van der Waals surface area contributed by atoms with Gasteiger partial charge in [0.2, 0.25) is 0 Å². The molecule has 2 nitrogen and oxygen atoms in total. The highest BCUT2D eigenvalue weighted by molar-refractivity contribution is 4.81. The molecule has 1 rings (SSSR count). The van der Waals surface area contributed by atoms with E-state index in [1.165, 1.54) is 25.9 Å². The molecule has 0 aromatic carbocycles. The fourth-order valence-electron chi connectivity index (χ4n) is 1.76. The molecule has 0 aromatic heterocycles. The van der Waals surface area contributed by atoms with Crippen LogP contribution in [0.1, 0.15) is 33.1 Å². The first kappa shape index (κ1) is 10.0. The monoisotopic (exact) mass is 171 g/mol. The Labute approximate surface area is 75.6 Å². The highest BCUT2D eigenvalue weighted by Gasteiger charge is 2.27. The molecule has 2 heteroatoms. The van der Waals surface area contributed by atoms with Crippen LogP contribution in [0.2, 0.25) is 0 Å². The minimum absolute atomic E-state index is 0.362. The summed E-state index contributed by atoms with van der Waals surface area (Å²) in [6.45, 7) is 7.43. The molecule has 1 heterocycles. The fourth-order valence-corrected chi connectivity index (χ4v) is 1.76. The van der Waals surface area contributed by atoms with Gasteiger partial charge in [0.15, 0.2) is 0 Å². The van der Waals surface area contributed by atoms with Crippen molar-refractivity contribution in [3.63, 3.8) is 0 Å². The maximum atomic E-state index is 8.60. The molecule has 0 bridgehead atoms. The molecule has 0 atom stereocenters. The first-order valence-electron chi connectivity index (χ1n) is 5.09. The summed E-state index contributed by atoms with van der Waals surface area (Å²) in [6.07, 6.45) is 3.50. The van der Waals surface area contributed by atoms with E-state index in [1.54, 1.807) is 0 Å². The van der Waals surface area contributed by atoms with Crippen molar-refractivity contribution in [3.05, 3.63) is 0 Å². The molecule has 0 spiro atoms. The summed E-state index contributed by atoms with van der Waals surface area (Å²) in [5.74, 6) is 0.916. The zero-order chi connectivity index (χ0) is 8.97. The largest absolute Gasteiger partial charge is 0.396 e. The van der Waals surface area contributed by atoms with Crippen LogP contribution in [0.3, 0.4) is 0 Å². The lowest BCUT2D eigenvalue weighted by molar-refractivity contribution is 0.0604. The zero-order valence-electron chi connectivity index (χ0n) is 8.29. The van der Waals surface area contributed by atoms with Crippen molar-refractivity contribution in [3.8, 4) is 0 Å². The van der Waals surface area contributed by atoms with Crippen LogP contribution in [-0.4, -0.2) is 35.7 Å². The highest BCUT2D eigenvalue weighted by atomic mass is 16.2. The third-order valence-corrected chi connectivity index (χ3v) is 2.74. The molecule has 0 aliphatic carbocycles. The molecular weight excluding hydrogens is 150 g/mol. The highest BCUT2D eigenvalue weighted by Crippen LogP contribution is 2.22. The SMILES string of the molecule is CC(C)N1CC(CCCCO)C1. The van der Waals surface area contributed by atoms with Crippen LogP contribution in [0.4, 0.5) is 0 Å². The molecule has 1 N–H and O–H groups in total. The van der Waals surface area contributed by atoms with Gasteiger partial charge in [-0.1, -0.05) is 6.42 Å². The van der Waals surface area contributed by atoms with E-state index in [0.717, 1.165) is 18.4 Å². The summed E-state index contributed by atoms with van der Waals surface area (Å²) in [5.41, 5.74) is 0. The van der Waals surface area contributed by atoms with Gasteiger partial charge in [0, 0.05) is 25.7 Å². The minimum atomic E-state index is 0.362. The van der Waals surface area contributed by atoms with Crippen molar-refractivity contribution < 1.29 is 5.11 Å². The number of nitrogens with zero attached hydrogens (tertiary/aromatic N) is 1. The smallest absolute Gasteiger partial charge is 0.0431 e. The molecule has 0 unspecified atom stereocenters. The molecule has 1 aliphatic rings. The predicted octanol–water partition coefficient (Wildman–Crippen LogP) is 1.49. The quantitative estimate of drug-likeness (QED) is 0.633. The Hall–Kier alpha value is -0.0800. The fraction of sp³-hybridized carbons (Fsp3) is 1.00. The number of hydrogen-bond donors (Lipinski definition) is 1. The Morgan fingerprint density at radius 2 is 2.00 bits per heavy atom. The van der Waals surface area contributed by atoms with Crippen LogP contribution in [-0.2, 0) is 0 Å². The molecule has 1 saturated heterocycles. The lowest BCUT2D eigenvalue weighted by Gasteiger charge is -2.42. The number of aliphatic hydroxyl groups excluding tert-OH is 1. The van der Waals surface area contributed by atoms with Crippen molar-refractivity contribution in [1.29, 1.82) is 0 Å². The van der Waals surface area contributed by atoms with E-state index >= 15 is 0 Å². The standard InChI is InChI=1S/C10H21NO/c1-9(2)11-7-10(8-11)5-3-4-6-12/h9-10,12H,3-8H2,1-2H3. The summed E-state index contributed by atoms with van der Waals surface area (Å²) >= 11 is 0. The predicted molar refractivity (Wildman–Crippen MR) is 51.1 cm³/mol. The summed E-state index contributed by atoms with van der Waals surface area (Å²) < 4.78 is 0. The minimum Gasteiger partial charge on any atom is -0.396 e. The van der Waals surface area contributed by atoms with Gasteiger partial charge >= 0.3 is 0 Å². The number of aliphatic hydroxyl groups is 1. The Morgan fingerprint density at radius 3 is 2.50 bits per heavy atom. The maximum absolute atomic E-state index is 8.60. The van der Waals surface area contributed by atoms with Gasteiger partial charge in [0.25, 0.3) is 0 Å². The summed E-state index contributed by atoms with van der Waals surface area (Å²) in [4.78, 5) is 2.50. The first-order valence-corrected chi connectivity index (χ1v) is 5.09. The van der Waals surface area contributed by atoms with E-state index in [4.69, 9.17) is 5.11 Å². The van der Waals surface area contributed by atoms with E-state index < -0.39 is 0 Å². The second kappa shape index (κ2) is 4.83. The number of rotatable bonds is 5. The molecule has 0 saturated carbocycles. The molecule has 72 valence electrons. The lowest BCUT2D eigenvalue weighted by Crippen LogP contribution is -2.49. The van der Waals surface area contributed by atoms with Crippen LogP contribution in [0, 0.1) is 5.92 Å². The van der Waals surface area contributed by atoms with Gasteiger partial charge in [-0.25, -0.2) is 0 Å². The second-order valence-corrected chi connectivity index (χ2v) is 4.13. The van der Waals surface area contributed by atoms with E-state index in [0.29, 0.717) is 6.61 Å². The lowest BCUT2D eigenvalue weighted by atomic mass is 9.93. The Bertz CT molecular complexity index is 119. The molecule has 0 radical (unpaired) electrons. The summed E-state index contributed by atoms with van der Waals surface area (Å²) in [7, 11) is 0. The number of likely N-dealkylation sites (tertiary alicyclic amines) is 1. The van der Waals surface area contributed by atoms with Crippen molar-refractivity contribution >= 4 is 0 Å². The number of hydrogen-bond acceptors (Lipinski definition) is 2. The normalized spacial score (nSPS) is 20.0. The van der Waals surface area contributed by atoms with Crippen LogP contribution < -0.4 is 0 Å².